The quantitative estimate of drug-likeness (QED) is 0.749. The zero-order chi connectivity index (χ0) is 17.5. The number of aromatic nitrogens is 2. The minimum absolute atomic E-state index is 0.0787. The van der Waals surface area contributed by atoms with E-state index in [1.807, 2.05) is 44.2 Å². The van der Waals surface area contributed by atoms with E-state index in [0.717, 1.165) is 36.1 Å². The minimum Gasteiger partial charge on any atom is -0.297 e. The van der Waals surface area contributed by atoms with Crippen LogP contribution in [0, 0.1) is 0 Å². The molecule has 1 aromatic heterocycles. The number of benzene rings is 1. The predicted molar refractivity (Wildman–Crippen MR) is 98.8 cm³/mol. The van der Waals surface area contributed by atoms with Gasteiger partial charge >= 0.3 is 5.69 Å². The van der Waals surface area contributed by atoms with Crippen molar-refractivity contribution in [3.8, 4) is 0 Å². The molecule has 2 rings (SSSR count). The molecule has 0 amide bonds. The van der Waals surface area contributed by atoms with E-state index in [2.05, 4.69) is 11.9 Å². The van der Waals surface area contributed by atoms with E-state index >= 15 is 0 Å². The Bertz CT molecular complexity index is 757. The van der Waals surface area contributed by atoms with Crippen LogP contribution in [-0.2, 0) is 13.0 Å². The van der Waals surface area contributed by atoms with Gasteiger partial charge in [-0.1, -0.05) is 70.4 Å². The van der Waals surface area contributed by atoms with Gasteiger partial charge < -0.3 is 0 Å². The van der Waals surface area contributed by atoms with Gasteiger partial charge in [0.25, 0.3) is 5.56 Å². The van der Waals surface area contributed by atoms with Crippen LogP contribution in [0.2, 0.25) is 0 Å². The Morgan fingerprint density at radius 2 is 1.75 bits per heavy atom. The summed E-state index contributed by atoms with van der Waals surface area (Å²) in [6.07, 6.45) is 5.00. The number of aromatic amines is 1. The van der Waals surface area contributed by atoms with Crippen molar-refractivity contribution in [2.24, 2.45) is 0 Å². The molecular weight excluding hydrogens is 300 g/mol. The van der Waals surface area contributed by atoms with Gasteiger partial charge in [0.05, 0.1) is 0 Å². The van der Waals surface area contributed by atoms with Crippen molar-refractivity contribution in [1.29, 1.82) is 0 Å². The van der Waals surface area contributed by atoms with Crippen molar-refractivity contribution in [3.63, 3.8) is 0 Å². The second-order valence-electron chi connectivity index (χ2n) is 6.65. The molecule has 1 heterocycles. The molecule has 0 radical (unpaired) electrons. The maximum atomic E-state index is 12.4. The van der Waals surface area contributed by atoms with Gasteiger partial charge in [0.2, 0.25) is 0 Å². The average Bonchev–Trinajstić information content (AvgIpc) is 2.54. The van der Waals surface area contributed by atoms with E-state index in [1.165, 1.54) is 6.42 Å². The van der Waals surface area contributed by atoms with Crippen molar-refractivity contribution in [2.45, 2.75) is 65.3 Å². The SMILES string of the molecule is CCCCCCn1c(Cc2ccccc2)c(C(C)C)c(=O)[nH]c1=O. The minimum atomic E-state index is -0.285. The monoisotopic (exact) mass is 328 g/mol. The summed E-state index contributed by atoms with van der Waals surface area (Å²) in [5.41, 5.74) is 2.18. The Morgan fingerprint density at radius 3 is 2.38 bits per heavy atom. The number of rotatable bonds is 8. The summed E-state index contributed by atoms with van der Waals surface area (Å²) < 4.78 is 1.78. The van der Waals surface area contributed by atoms with E-state index in [9.17, 15) is 9.59 Å². The summed E-state index contributed by atoms with van der Waals surface area (Å²) >= 11 is 0. The second kappa shape index (κ2) is 8.67. The zero-order valence-electron chi connectivity index (χ0n) is 15.0. The normalized spacial score (nSPS) is 11.2. The maximum absolute atomic E-state index is 12.4. The third-order valence-electron chi connectivity index (χ3n) is 4.37. The summed E-state index contributed by atoms with van der Waals surface area (Å²) in [7, 11) is 0. The third-order valence-corrected chi connectivity index (χ3v) is 4.37. The first kappa shape index (κ1) is 18.2. The molecule has 0 saturated carbocycles. The van der Waals surface area contributed by atoms with Crippen LogP contribution in [-0.4, -0.2) is 9.55 Å². The van der Waals surface area contributed by atoms with Crippen LogP contribution in [0.4, 0.5) is 0 Å². The van der Waals surface area contributed by atoms with Crippen molar-refractivity contribution in [2.75, 3.05) is 0 Å². The number of hydrogen-bond acceptors (Lipinski definition) is 2. The van der Waals surface area contributed by atoms with Gasteiger partial charge in [-0.05, 0) is 17.9 Å². The van der Waals surface area contributed by atoms with E-state index in [-0.39, 0.29) is 17.2 Å². The number of nitrogens with one attached hydrogen (secondary N) is 1. The van der Waals surface area contributed by atoms with Crippen molar-refractivity contribution < 1.29 is 0 Å². The maximum Gasteiger partial charge on any atom is 0.328 e. The van der Waals surface area contributed by atoms with Crippen molar-refractivity contribution >= 4 is 0 Å². The van der Waals surface area contributed by atoms with Crippen LogP contribution in [0.25, 0.3) is 0 Å². The predicted octanol–water partition coefficient (Wildman–Crippen LogP) is 3.83. The van der Waals surface area contributed by atoms with Gasteiger partial charge in [0, 0.05) is 24.2 Å². The van der Waals surface area contributed by atoms with Crippen molar-refractivity contribution in [3.05, 3.63) is 68.0 Å². The molecule has 0 aliphatic heterocycles. The first-order valence-corrected chi connectivity index (χ1v) is 8.94. The van der Waals surface area contributed by atoms with Crippen LogP contribution < -0.4 is 11.2 Å². The molecule has 0 saturated heterocycles. The summed E-state index contributed by atoms with van der Waals surface area (Å²) in [6, 6.07) is 10.0. The first-order valence-electron chi connectivity index (χ1n) is 8.94. The molecule has 0 aliphatic rings. The molecule has 2 aromatic rings. The van der Waals surface area contributed by atoms with Crippen molar-refractivity contribution in [1.82, 2.24) is 9.55 Å². The van der Waals surface area contributed by atoms with Crippen LogP contribution >= 0.6 is 0 Å². The molecule has 0 spiro atoms. The number of H-pyrrole nitrogens is 1. The Morgan fingerprint density at radius 1 is 1.04 bits per heavy atom. The van der Waals surface area contributed by atoms with Crippen LogP contribution in [0.15, 0.2) is 39.9 Å². The fourth-order valence-electron chi connectivity index (χ4n) is 3.14. The fourth-order valence-corrected chi connectivity index (χ4v) is 3.14. The van der Waals surface area contributed by atoms with E-state index < -0.39 is 0 Å². The summed E-state index contributed by atoms with van der Waals surface area (Å²) in [5, 5.41) is 0. The largest absolute Gasteiger partial charge is 0.328 e. The summed E-state index contributed by atoms with van der Waals surface area (Å²) in [4.78, 5) is 27.3. The lowest BCUT2D eigenvalue weighted by molar-refractivity contribution is 0.537. The van der Waals surface area contributed by atoms with Gasteiger partial charge in [-0.2, -0.15) is 0 Å². The molecule has 4 nitrogen and oxygen atoms in total. The van der Waals surface area contributed by atoms with Crippen LogP contribution in [0.3, 0.4) is 0 Å². The van der Waals surface area contributed by atoms with Gasteiger partial charge in [-0.3, -0.25) is 14.3 Å². The highest BCUT2D eigenvalue weighted by molar-refractivity contribution is 5.28. The average molecular weight is 328 g/mol. The zero-order valence-corrected chi connectivity index (χ0v) is 15.0. The topological polar surface area (TPSA) is 54.9 Å². The Hall–Kier alpha value is -2.10. The molecule has 1 aromatic carbocycles. The van der Waals surface area contributed by atoms with Gasteiger partial charge in [-0.15, -0.1) is 0 Å². The number of unbranched alkanes of at least 4 members (excludes halogenated alkanes) is 3. The molecular formula is C20H28N2O2. The highest BCUT2D eigenvalue weighted by atomic mass is 16.2. The lowest BCUT2D eigenvalue weighted by Crippen LogP contribution is -2.36. The first-order chi connectivity index (χ1) is 11.5. The summed E-state index contributed by atoms with van der Waals surface area (Å²) in [5.74, 6) is 0.0787. The van der Waals surface area contributed by atoms with E-state index in [4.69, 9.17) is 0 Å². The lowest BCUT2D eigenvalue weighted by Gasteiger charge is -2.18. The Kier molecular flexibility index (Phi) is 6.59. The molecule has 0 atom stereocenters. The molecule has 4 heteroatoms. The number of nitrogens with zero attached hydrogens (tertiary/aromatic N) is 1. The molecule has 0 bridgehead atoms. The smallest absolute Gasteiger partial charge is 0.297 e. The second-order valence-corrected chi connectivity index (χ2v) is 6.65. The van der Waals surface area contributed by atoms with E-state index in [1.54, 1.807) is 4.57 Å². The molecule has 24 heavy (non-hydrogen) atoms. The highest BCUT2D eigenvalue weighted by Gasteiger charge is 2.17. The molecule has 0 unspecified atom stereocenters. The lowest BCUT2D eigenvalue weighted by atomic mass is 9.98. The highest BCUT2D eigenvalue weighted by Crippen LogP contribution is 2.18. The standard InChI is InChI=1S/C20H28N2O2/c1-4-5-6-10-13-22-17(14-16-11-8-7-9-12-16)18(15(2)3)19(23)21-20(22)24/h7-9,11-12,15H,4-6,10,13-14H2,1-3H3,(H,21,23,24). The molecule has 130 valence electrons. The number of hydrogen-bond donors (Lipinski definition) is 1. The van der Waals surface area contributed by atoms with Gasteiger partial charge in [0.15, 0.2) is 0 Å². The molecule has 0 aliphatic carbocycles. The third kappa shape index (κ3) is 4.47. The van der Waals surface area contributed by atoms with Gasteiger partial charge in [0.1, 0.15) is 0 Å². The molecule has 1 N–H and O–H groups in total. The fraction of sp³-hybridized carbons (Fsp3) is 0.500. The van der Waals surface area contributed by atoms with Gasteiger partial charge in [-0.25, -0.2) is 4.79 Å². The molecule has 0 fully saturated rings. The van der Waals surface area contributed by atoms with Crippen LogP contribution in [0.5, 0.6) is 0 Å². The Labute approximate surface area is 143 Å². The van der Waals surface area contributed by atoms with E-state index in [0.29, 0.717) is 13.0 Å². The Balaban J connectivity index is 2.45. The van der Waals surface area contributed by atoms with Crippen LogP contribution in [0.1, 0.15) is 69.2 Å². The summed E-state index contributed by atoms with van der Waals surface area (Å²) in [6.45, 7) is 6.84.